The lowest BCUT2D eigenvalue weighted by Gasteiger charge is -2.21. The monoisotopic (exact) mass is 401 g/mol. The highest BCUT2D eigenvalue weighted by molar-refractivity contribution is 6.32. The molecule has 3 rings (SSSR count). The first kappa shape index (κ1) is 19.7. The molecule has 4 amide bonds. The van der Waals surface area contributed by atoms with E-state index in [1.807, 2.05) is 30.3 Å². The summed E-state index contributed by atoms with van der Waals surface area (Å²) in [6.45, 7) is 1.25. The number of para-hydroxylation sites is 1. The number of hydrogen-bond donors (Lipinski definition) is 2. The molecule has 1 saturated heterocycles. The molecule has 2 N–H and O–H groups in total. The van der Waals surface area contributed by atoms with Gasteiger partial charge in [-0.2, -0.15) is 5.01 Å². The molecule has 146 valence electrons. The molecule has 0 spiro atoms. The summed E-state index contributed by atoms with van der Waals surface area (Å²) in [5.74, 6) is -0.820. The van der Waals surface area contributed by atoms with Gasteiger partial charge >= 0.3 is 6.03 Å². The smallest absolute Gasteiger partial charge is 0.344 e. The SMILES string of the molecule is C[C@@]1(CCc2ccccc2)NC(=O)N(NC(=O)COc2ccccc2Cl)C1=O. The van der Waals surface area contributed by atoms with E-state index in [1.165, 1.54) is 0 Å². The fourth-order valence-electron chi connectivity index (χ4n) is 2.86. The Morgan fingerprint density at radius 3 is 2.54 bits per heavy atom. The third-order valence-electron chi connectivity index (χ3n) is 4.45. The number of aryl methyl sites for hydroxylation is 1. The van der Waals surface area contributed by atoms with Crippen molar-refractivity contribution in [1.82, 2.24) is 15.8 Å². The molecule has 0 aromatic heterocycles. The molecule has 8 heteroatoms. The summed E-state index contributed by atoms with van der Waals surface area (Å²) in [5, 5.41) is 3.71. The molecular weight excluding hydrogens is 382 g/mol. The highest BCUT2D eigenvalue weighted by atomic mass is 35.5. The minimum Gasteiger partial charge on any atom is -0.482 e. The molecule has 0 bridgehead atoms. The number of benzene rings is 2. The van der Waals surface area contributed by atoms with E-state index >= 15 is 0 Å². The number of imide groups is 1. The number of hydrogen-bond acceptors (Lipinski definition) is 4. The van der Waals surface area contributed by atoms with Crippen LogP contribution in [-0.2, 0) is 16.0 Å². The van der Waals surface area contributed by atoms with Crippen LogP contribution < -0.4 is 15.5 Å². The van der Waals surface area contributed by atoms with E-state index in [0.29, 0.717) is 28.6 Å². The second kappa shape index (κ2) is 8.31. The second-order valence-corrected chi connectivity index (χ2v) is 7.05. The number of urea groups is 1. The molecule has 1 atom stereocenters. The van der Waals surface area contributed by atoms with Crippen molar-refractivity contribution in [2.45, 2.75) is 25.3 Å². The maximum absolute atomic E-state index is 12.7. The Hall–Kier alpha value is -3.06. The van der Waals surface area contributed by atoms with Crippen molar-refractivity contribution in [2.75, 3.05) is 6.61 Å². The van der Waals surface area contributed by atoms with Gasteiger partial charge in [0.1, 0.15) is 11.3 Å². The third kappa shape index (κ3) is 4.43. The van der Waals surface area contributed by atoms with E-state index in [2.05, 4.69) is 10.7 Å². The van der Waals surface area contributed by atoms with Gasteiger partial charge in [-0.15, -0.1) is 0 Å². The van der Waals surface area contributed by atoms with Gasteiger partial charge < -0.3 is 10.1 Å². The molecule has 28 heavy (non-hydrogen) atoms. The van der Waals surface area contributed by atoms with Crippen LogP contribution in [0.1, 0.15) is 18.9 Å². The zero-order valence-electron chi connectivity index (χ0n) is 15.3. The normalized spacial score (nSPS) is 18.7. The predicted molar refractivity (Wildman–Crippen MR) is 104 cm³/mol. The van der Waals surface area contributed by atoms with Gasteiger partial charge in [0.2, 0.25) is 0 Å². The molecule has 0 aliphatic carbocycles. The van der Waals surface area contributed by atoms with Gasteiger partial charge in [0, 0.05) is 0 Å². The molecule has 2 aromatic carbocycles. The van der Waals surface area contributed by atoms with Crippen LogP contribution in [0.25, 0.3) is 0 Å². The molecule has 1 heterocycles. The summed E-state index contributed by atoms with van der Waals surface area (Å²) in [6, 6.07) is 15.7. The van der Waals surface area contributed by atoms with Crippen molar-refractivity contribution < 1.29 is 19.1 Å². The molecule has 1 aliphatic rings. The van der Waals surface area contributed by atoms with E-state index in [4.69, 9.17) is 16.3 Å². The largest absolute Gasteiger partial charge is 0.482 e. The summed E-state index contributed by atoms with van der Waals surface area (Å²) < 4.78 is 5.32. The topological polar surface area (TPSA) is 87.7 Å². The fraction of sp³-hybridized carbons (Fsp3) is 0.250. The fourth-order valence-corrected chi connectivity index (χ4v) is 3.05. The number of nitrogens with zero attached hydrogens (tertiary/aromatic N) is 1. The van der Waals surface area contributed by atoms with Crippen LogP contribution in [0, 0.1) is 0 Å². The quantitative estimate of drug-likeness (QED) is 0.698. The van der Waals surface area contributed by atoms with Gasteiger partial charge in [-0.25, -0.2) is 4.79 Å². The molecule has 0 unspecified atom stereocenters. The standard InChI is InChI=1S/C20H20ClN3O4/c1-20(12-11-14-7-3-2-4-8-14)18(26)24(19(27)22-20)23-17(25)13-28-16-10-6-5-9-15(16)21/h2-10H,11-13H2,1H3,(H,22,27)(H,23,25)/t20-/m0/s1. The third-order valence-corrected chi connectivity index (χ3v) is 4.76. The van der Waals surface area contributed by atoms with Gasteiger partial charge in [-0.05, 0) is 37.5 Å². The van der Waals surface area contributed by atoms with Gasteiger partial charge in [0.15, 0.2) is 6.61 Å². The molecule has 0 radical (unpaired) electrons. The first-order valence-electron chi connectivity index (χ1n) is 8.76. The maximum Gasteiger partial charge on any atom is 0.344 e. The molecule has 1 fully saturated rings. The second-order valence-electron chi connectivity index (χ2n) is 6.64. The summed E-state index contributed by atoms with van der Waals surface area (Å²) in [7, 11) is 0. The number of carbonyl (C=O) groups excluding carboxylic acids is 3. The average molecular weight is 402 g/mol. The Morgan fingerprint density at radius 1 is 1.14 bits per heavy atom. The van der Waals surface area contributed by atoms with Crippen molar-refractivity contribution >= 4 is 29.4 Å². The molecule has 7 nitrogen and oxygen atoms in total. The minimum absolute atomic E-state index is 0.337. The van der Waals surface area contributed by atoms with Crippen LogP contribution in [0.5, 0.6) is 5.75 Å². The van der Waals surface area contributed by atoms with Crippen molar-refractivity contribution in [3.8, 4) is 5.75 Å². The lowest BCUT2D eigenvalue weighted by Crippen LogP contribution is -2.50. The Kier molecular flexibility index (Phi) is 5.84. The van der Waals surface area contributed by atoms with Crippen molar-refractivity contribution in [2.24, 2.45) is 0 Å². The molecular formula is C20H20ClN3O4. The van der Waals surface area contributed by atoms with Crippen LogP contribution in [0.2, 0.25) is 5.02 Å². The van der Waals surface area contributed by atoms with E-state index in [0.717, 1.165) is 5.56 Å². The first-order chi connectivity index (χ1) is 13.4. The van der Waals surface area contributed by atoms with Crippen molar-refractivity contribution in [3.63, 3.8) is 0 Å². The van der Waals surface area contributed by atoms with Crippen LogP contribution in [0.4, 0.5) is 4.79 Å². The number of rotatable bonds is 7. The Balaban J connectivity index is 1.57. The van der Waals surface area contributed by atoms with E-state index in [-0.39, 0.29) is 6.61 Å². The summed E-state index contributed by atoms with van der Waals surface area (Å²) >= 11 is 5.96. The Labute approximate surface area is 167 Å². The van der Waals surface area contributed by atoms with E-state index < -0.39 is 23.4 Å². The lowest BCUT2D eigenvalue weighted by atomic mass is 9.93. The van der Waals surface area contributed by atoms with Gasteiger partial charge in [0.05, 0.1) is 5.02 Å². The number of nitrogens with one attached hydrogen (secondary N) is 2. The van der Waals surface area contributed by atoms with E-state index in [1.54, 1.807) is 31.2 Å². The van der Waals surface area contributed by atoms with E-state index in [9.17, 15) is 14.4 Å². The van der Waals surface area contributed by atoms with Gasteiger partial charge in [-0.1, -0.05) is 54.1 Å². The number of amides is 4. The zero-order chi connectivity index (χ0) is 20.1. The molecule has 0 saturated carbocycles. The molecule has 1 aliphatic heterocycles. The average Bonchev–Trinajstić information content (AvgIpc) is 2.90. The van der Waals surface area contributed by atoms with Crippen molar-refractivity contribution in [1.29, 1.82) is 0 Å². The minimum atomic E-state index is -1.09. The van der Waals surface area contributed by atoms with Gasteiger partial charge in [-0.3, -0.25) is 15.0 Å². The molecule has 2 aromatic rings. The zero-order valence-corrected chi connectivity index (χ0v) is 16.0. The first-order valence-corrected chi connectivity index (χ1v) is 9.14. The van der Waals surface area contributed by atoms with Gasteiger partial charge in [0.25, 0.3) is 11.8 Å². The summed E-state index contributed by atoms with van der Waals surface area (Å²) in [6.07, 6.45) is 1.02. The highest BCUT2D eigenvalue weighted by Crippen LogP contribution is 2.24. The summed E-state index contributed by atoms with van der Waals surface area (Å²) in [5.41, 5.74) is 2.25. The predicted octanol–water partition coefficient (Wildman–Crippen LogP) is 2.69. The number of hydrazine groups is 1. The number of carbonyl (C=O) groups is 3. The van der Waals surface area contributed by atoms with Crippen LogP contribution in [0.15, 0.2) is 54.6 Å². The highest BCUT2D eigenvalue weighted by Gasteiger charge is 2.48. The Bertz CT molecular complexity index is 890. The van der Waals surface area contributed by atoms with Crippen LogP contribution in [-0.4, -0.2) is 35.0 Å². The maximum atomic E-state index is 12.7. The lowest BCUT2D eigenvalue weighted by molar-refractivity contribution is -0.139. The van der Waals surface area contributed by atoms with Crippen LogP contribution >= 0.6 is 11.6 Å². The van der Waals surface area contributed by atoms with Crippen LogP contribution in [0.3, 0.4) is 0 Å². The number of halogens is 1. The Morgan fingerprint density at radius 2 is 1.82 bits per heavy atom. The number of ether oxygens (including phenoxy) is 1. The van der Waals surface area contributed by atoms with Crippen molar-refractivity contribution in [3.05, 3.63) is 65.2 Å². The summed E-state index contributed by atoms with van der Waals surface area (Å²) in [4.78, 5) is 37.0.